The first kappa shape index (κ1) is 22.1. The van der Waals surface area contributed by atoms with Crippen LogP contribution in [0.5, 0.6) is 5.19 Å². The molecule has 0 N–H and O–H groups in total. The van der Waals surface area contributed by atoms with Gasteiger partial charge in [0.15, 0.2) is 0 Å². The first-order chi connectivity index (χ1) is 15.0. The van der Waals surface area contributed by atoms with Crippen LogP contribution in [-0.2, 0) is 4.79 Å². The minimum Gasteiger partial charge on any atom is -0.467 e. The van der Waals surface area contributed by atoms with E-state index in [9.17, 15) is 9.18 Å². The fourth-order valence-electron chi connectivity index (χ4n) is 3.76. The number of carbonyl (C=O) groups excluding carboxylic acids is 1. The summed E-state index contributed by atoms with van der Waals surface area (Å²) in [6.45, 7) is 5.65. The van der Waals surface area contributed by atoms with Crippen molar-refractivity contribution in [2.45, 2.75) is 50.5 Å². The predicted octanol–water partition coefficient (Wildman–Crippen LogP) is 5.99. The van der Waals surface area contributed by atoms with E-state index in [-0.39, 0.29) is 17.8 Å². The number of rotatable bonds is 7. The standard InChI is InChI=1S/C24H27FN2O2S2/c1-16-5-6-17(2)23-22(16)26-24(31-23)29-19-11-13-27(14-12-19)21(28)4-3-15-30-20-9-7-18(25)8-10-20/h5-10,19H,3-4,11-15H2,1-2H3. The zero-order valence-electron chi connectivity index (χ0n) is 17.9. The van der Waals surface area contributed by atoms with Gasteiger partial charge in [-0.2, -0.15) is 0 Å². The van der Waals surface area contributed by atoms with Crippen molar-refractivity contribution in [3.8, 4) is 5.19 Å². The van der Waals surface area contributed by atoms with Crippen molar-refractivity contribution in [1.82, 2.24) is 9.88 Å². The van der Waals surface area contributed by atoms with Crippen molar-refractivity contribution < 1.29 is 13.9 Å². The number of piperidine rings is 1. The average molecular weight is 459 g/mol. The summed E-state index contributed by atoms with van der Waals surface area (Å²) in [5.41, 5.74) is 3.43. The number of fused-ring (bicyclic) bond motifs is 1. The van der Waals surface area contributed by atoms with Gasteiger partial charge in [-0.3, -0.25) is 4.79 Å². The van der Waals surface area contributed by atoms with E-state index in [1.54, 1.807) is 35.2 Å². The summed E-state index contributed by atoms with van der Waals surface area (Å²) in [4.78, 5) is 20.2. The van der Waals surface area contributed by atoms with E-state index in [1.807, 2.05) is 4.90 Å². The predicted molar refractivity (Wildman–Crippen MR) is 126 cm³/mol. The molecule has 0 spiro atoms. The topological polar surface area (TPSA) is 42.4 Å². The van der Waals surface area contributed by atoms with E-state index in [4.69, 9.17) is 9.72 Å². The molecule has 2 heterocycles. The third kappa shape index (κ3) is 5.57. The minimum absolute atomic E-state index is 0.110. The molecule has 4 nitrogen and oxygen atoms in total. The highest BCUT2D eigenvalue weighted by Gasteiger charge is 2.24. The highest BCUT2D eigenvalue weighted by Crippen LogP contribution is 2.33. The average Bonchev–Trinajstić information content (AvgIpc) is 3.21. The van der Waals surface area contributed by atoms with Crippen LogP contribution in [-0.4, -0.2) is 40.7 Å². The van der Waals surface area contributed by atoms with Gasteiger partial charge in [-0.05, 0) is 61.4 Å². The normalized spacial score (nSPS) is 14.9. The second kappa shape index (κ2) is 10.0. The zero-order chi connectivity index (χ0) is 21.8. The van der Waals surface area contributed by atoms with E-state index in [0.717, 1.165) is 53.7 Å². The Kier molecular flexibility index (Phi) is 7.13. The Labute approximate surface area is 190 Å². The molecule has 1 aliphatic heterocycles. The molecule has 0 atom stereocenters. The number of thiazole rings is 1. The van der Waals surface area contributed by atoms with Gasteiger partial charge in [0.1, 0.15) is 11.9 Å². The molecule has 1 saturated heterocycles. The summed E-state index contributed by atoms with van der Waals surface area (Å²) in [6.07, 6.45) is 3.16. The molecule has 1 amide bonds. The van der Waals surface area contributed by atoms with Crippen LogP contribution in [0.2, 0.25) is 0 Å². The molecule has 0 radical (unpaired) electrons. The van der Waals surface area contributed by atoms with Gasteiger partial charge in [0.05, 0.1) is 10.2 Å². The van der Waals surface area contributed by atoms with Crippen molar-refractivity contribution in [2.24, 2.45) is 0 Å². The number of likely N-dealkylation sites (tertiary alicyclic amines) is 1. The number of hydrogen-bond donors (Lipinski definition) is 0. The van der Waals surface area contributed by atoms with Gasteiger partial charge in [-0.1, -0.05) is 23.5 Å². The van der Waals surface area contributed by atoms with Crippen LogP contribution >= 0.6 is 23.1 Å². The molecule has 0 saturated carbocycles. The lowest BCUT2D eigenvalue weighted by atomic mass is 10.1. The highest BCUT2D eigenvalue weighted by atomic mass is 32.2. The van der Waals surface area contributed by atoms with E-state index in [2.05, 4.69) is 26.0 Å². The molecule has 1 aliphatic rings. The molecule has 1 fully saturated rings. The fourth-order valence-corrected chi connectivity index (χ4v) is 5.64. The van der Waals surface area contributed by atoms with Crippen LogP contribution in [0.4, 0.5) is 4.39 Å². The van der Waals surface area contributed by atoms with Gasteiger partial charge in [0, 0.05) is 37.2 Å². The summed E-state index contributed by atoms with van der Waals surface area (Å²) in [6, 6.07) is 10.7. The van der Waals surface area contributed by atoms with Gasteiger partial charge in [0.2, 0.25) is 5.91 Å². The molecule has 1 aromatic heterocycles. The smallest absolute Gasteiger partial charge is 0.274 e. The number of thioether (sulfide) groups is 1. The first-order valence-corrected chi connectivity index (χ1v) is 12.5. The zero-order valence-corrected chi connectivity index (χ0v) is 19.5. The van der Waals surface area contributed by atoms with Gasteiger partial charge in [-0.15, -0.1) is 11.8 Å². The van der Waals surface area contributed by atoms with Gasteiger partial charge < -0.3 is 9.64 Å². The van der Waals surface area contributed by atoms with E-state index in [1.165, 1.54) is 28.0 Å². The Morgan fingerprint density at radius 1 is 1.16 bits per heavy atom. The molecule has 4 rings (SSSR count). The SMILES string of the molecule is Cc1ccc(C)c2sc(OC3CCN(C(=O)CCCSc4ccc(F)cc4)CC3)nc12. The second-order valence-corrected chi connectivity index (χ2v) is 10.1. The molecule has 7 heteroatoms. The number of aromatic nitrogens is 1. The summed E-state index contributed by atoms with van der Waals surface area (Å²) in [5, 5.41) is 0.731. The summed E-state index contributed by atoms with van der Waals surface area (Å²) < 4.78 is 20.3. The van der Waals surface area contributed by atoms with Gasteiger partial charge in [-0.25, -0.2) is 9.37 Å². The molecule has 0 unspecified atom stereocenters. The highest BCUT2D eigenvalue weighted by molar-refractivity contribution is 7.99. The van der Waals surface area contributed by atoms with Crippen LogP contribution in [0.25, 0.3) is 10.2 Å². The maximum atomic E-state index is 12.9. The third-order valence-electron chi connectivity index (χ3n) is 5.60. The number of amides is 1. The molecule has 0 bridgehead atoms. The molecular weight excluding hydrogens is 431 g/mol. The number of halogens is 1. The van der Waals surface area contributed by atoms with Crippen molar-refractivity contribution in [1.29, 1.82) is 0 Å². The lowest BCUT2D eigenvalue weighted by Gasteiger charge is -2.31. The largest absolute Gasteiger partial charge is 0.467 e. The summed E-state index contributed by atoms with van der Waals surface area (Å²) >= 11 is 3.27. The Morgan fingerprint density at radius 2 is 1.87 bits per heavy atom. The number of hydrogen-bond acceptors (Lipinski definition) is 5. The fraction of sp³-hybridized carbons (Fsp3) is 0.417. The molecule has 31 heavy (non-hydrogen) atoms. The lowest BCUT2D eigenvalue weighted by Crippen LogP contribution is -2.41. The van der Waals surface area contributed by atoms with E-state index >= 15 is 0 Å². The van der Waals surface area contributed by atoms with Crippen LogP contribution in [0, 0.1) is 19.7 Å². The number of ether oxygens (including phenoxy) is 1. The second-order valence-electron chi connectivity index (χ2n) is 7.96. The number of carbonyl (C=O) groups is 1. The van der Waals surface area contributed by atoms with Crippen molar-refractivity contribution in [3.05, 3.63) is 53.3 Å². The van der Waals surface area contributed by atoms with Gasteiger partial charge >= 0.3 is 0 Å². The Balaban J connectivity index is 1.20. The Bertz CT molecular complexity index is 1000. The quantitative estimate of drug-likeness (QED) is 0.322. The van der Waals surface area contributed by atoms with Crippen LogP contribution < -0.4 is 4.74 Å². The minimum atomic E-state index is -0.222. The lowest BCUT2D eigenvalue weighted by molar-refractivity contribution is -0.133. The Hall–Kier alpha value is -2.12. The maximum absolute atomic E-state index is 12.9. The van der Waals surface area contributed by atoms with Crippen molar-refractivity contribution in [3.63, 3.8) is 0 Å². The monoisotopic (exact) mass is 458 g/mol. The summed E-state index contributed by atoms with van der Waals surface area (Å²) in [7, 11) is 0. The summed E-state index contributed by atoms with van der Waals surface area (Å²) in [5.74, 6) is 0.845. The Morgan fingerprint density at radius 3 is 2.58 bits per heavy atom. The molecule has 3 aromatic rings. The molecular formula is C24H27FN2O2S2. The molecule has 0 aliphatic carbocycles. The molecule has 164 valence electrons. The van der Waals surface area contributed by atoms with E-state index < -0.39 is 0 Å². The number of aryl methyl sites for hydroxylation is 2. The molecule has 2 aromatic carbocycles. The van der Waals surface area contributed by atoms with Gasteiger partial charge in [0.25, 0.3) is 5.19 Å². The van der Waals surface area contributed by atoms with Crippen molar-refractivity contribution >= 4 is 39.2 Å². The maximum Gasteiger partial charge on any atom is 0.274 e. The third-order valence-corrected chi connectivity index (χ3v) is 7.78. The van der Waals surface area contributed by atoms with Crippen LogP contribution in [0.1, 0.15) is 36.8 Å². The van der Waals surface area contributed by atoms with Crippen LogP contribution in [0.3, 0.4) is 0 Å². The number of benzene rings is 2. The first-order valence-electron chi connectivity index (χ1n) is 10.7. The van der Waals surface area contributed by atoms with Crippen molar-refractivity contribution in [2.75, 3.05) is 18.8 Å². The van der Waals surface area contributed by atoms with E-state index in [0.29, 0.717) is 6.42 Å². The number of nitrogens with zero attached hydrogens (tertiary/aromatic N) is 2. The van der Waals surface area contributed by atoms with Crippen LogP contribution in [0.15, 0.2) is 41.3 Å².